The minimum Gasteiger partial charge on any atom is -0.337 e. The summed E-state index contributed by atoms with van der Waals surface area (Å²) in [5.74, 6) is 0.712. The highest BCUT2D eigenvalue weighted by Gasteiger charge is 2.25. The fourth-order valence-electron chi connectivity index (χ4n) is 3.54. The Bertz CT molecular complexity index is 859. The summed E-state index contributed by atoms with van der Waals surface area (Å²) in [5, 5.41) is 4.25. The lowest BCUT2D eigenvalue weighted by Gasteiger charge is -2.31. The van der Waals surface area contributed by atoms with Gasteiger partial charge in [0.05, 0.1) is 0 Å². The summed E-state index contributed by atoms with van der Waals surface area (Å²) in [7, 11) is 0. The first-order valence-corrected chi connectivity index (χ1v) is 8.91. The van der Waals surface area contributed by atoms with Crippen molar-refractivity contribution in [3.63, 3.8) is 0 Å². The van der Waals surface area contributed by atoms with Crippen molar-refractivity contribution in [3.05, 3.63) is 54.2 Å². The summed E-state index contributed by atoms with van der Waals surface area (Å²) in [6, 6.07) is 5.92. The molecule has 0 bridgehead atoms. The zero-order chi connectivity index (χ0) is 17.2. The van der Waals surface area contributed by atoms with E-state index in [1.165, 1.54) is 0 Å². The summed E-state index contributed by atoms with van der Waals surface area (Å²) in [6.45, 7) is 4.62. The van der Waals surface area contributed by atoms with E-state index in [1.807, 2.05) is 63.9 Å². The van der Waals surface area contributed by atoms with Crippen LogP contribution in [0.1, 0.15) is 35.3 Å². The molecule has 25 heavy (non-hydrogen) atoms. The van der Waals surface area contributed by atoms with E-state index in [9.17, 15) is 4.79 Å². The number of rotatable bonds is 4. The summed E-state index contributed by atoms with van der Waals surface area (Å²) < 4.78 is 3.91. The van der Waals surface area contributed by atoms with Gasteiger partial charge in [-0.05, 0) is 49.8 Å². The lowest BCUT2D eigenvalue weighted by molar-refractivity contribution is 0.0679. The maximum atomic E-state index is 12.7. The lowest BCUT2D eigenvalue weighted by Crippen LogP contribution is -2.38. The van der Waals surface area contributed by atoms with Crippen molar-refractivity contribution in [2.45, 2.75) is 32.7 Å². The van der Waals surface area contributed by atoms with Gasteiger partial charge in [-0.3, -0.25) is 9.48 Å². The molecule has 1 amide bonds. The van der Waals surface area contributed by atoms with Gasteiger partial charge in [0.15, 0.2) is 0 Å². The molecule has 0 unspecified atom stereocenters. The van der Waals surface area contributed by atoms with Gasteiger partial charge in [-0.2, -0.15) is 5.10 Å². The van der Waals surface area contributed by atoms with Gasteiger partial charge in [0, 0.05) is 44.4 Å². The predicted molar refractivity (Wildman–Crippen MR) is 95.4 cm³/mol. The van der Waals surface area contributed by atoms with Crippen molar-refractivity contribution in [1.29, 1.82) is 0 Å². The Morgan fingerprint density at radius 2 is 2.08 bits per heavy atom. The highest BCUT2D eigenvalue weighted by atomic mass is 16.2. The van der Waals surface area contributed by atoms with Crippen LogP contribution in [0.5, 0.6) is 0 Å². The van der Waals surface area contributed by atoms with Gasteiger partial charge in [0.25, 0.3) is 5.91 Å². The molecule has 0 saturated carbocycles. The summed E-state index contributed by atoms with van der Waals surface area (Å²) in [5.41, 5.74) is 2.52. The standard InChI is InChI=1S/C19H23N5O/c1-15-3-4-18-21-17(14-23(18)13-15)19(25)22-10-5-16(6-11-22)7-12-24-9-2-8-20-24/h2-4,8-9,13-14,16H,5-7,10-12H2,1H3. The molecular formula is C19H23N5O. The van der Waals surface area contributed by atoms with Gasteiger partial charge >= 0.3 is 0 Å². The Balaban J connectivity index is 1.35. The number of piperidine rings is 1. The van der Waals surface area contributed by atoms with Gasteiger partial charge in [-0.25, -0.2) is 4.98 Å². The topological polar surface area (TPSA) is 55.4 Å². The van der Waals surface area contributed by atoms with Crippen molar-refractivity contribution >= 4 is 11.6 Å². The maximum Gasteiger partial charge on any atom is 0.274 e. The first-order chi connectivity index (χ1) is 12.2. The first-order valence-electron chi connectivity index (χ1n) is 8.91. The number of amides is 1. The van der Waals surface area contributed by atoms with Crippen LogP contribution in [0.3, 0.4) is 0 Å². The number of hydrogen-bond acceptors (Lipinski definition) is 3. The van der Waals surface area contributed by atoms with Crippen LogP contribution in [0, 0.1) is 12.8 Å². The van der Waals surface area contributed by atoms with E-state index < -0.39 is 0 Å². The molecule has 3 aromatic rings. The molecule has 1 aliphatic rings. The number of hydrogen-bond donors (Lipinski definition) is 0. The molecule has 0 aliphatic carbocycles. The van der Waals surface area contributed by atoms with E-state index in [-0.39, 0.29) is 5.91 Å². The fourth-order valence-corrected chi connectivity index (χ4v) is 3.54. The molecule has 4 heterocycles. The normalized spacial score (nSPS) is 15.8. The van der Waals surface area contributed by atoms with Crippen LogP contribution in [0.2, 0.25) is 0 Å². The van der Waals surface area contributed by atoms with Crippen molar-refractivity contribution in [3.8, 4) is 0 Å². The van der Waals surface area contributed by atoms with E-state index in [2.05, 4.69) is 10.1 Å². The molecule has 130 valence electrons. The third kappa shape index (κ3) is 3.43. The van der Waals surface area contributed by atoms with Gasteiger partial charge in [0.1, 0.15) is 11.3 Å². The Morgan fingerprint density at radius 1 is 1.24 bits per heavy atom. The van der Waals surface area contributed by atoms with Crippen LogP contribution in [0.15, 0.2) is 43.0 Å². The van der Waals surface area contributed by atoms with E-state index in [0.29, 0.717) is 11.6 Å². The van der Waals surface area contributed by atoms with Crippen LogP contribution in [0.4, 0.5) is 0 Å². The number of aromatic nitrogens is 4. The molecule has 1 aliphatic heterocycles. The zero-order valence-corrected chi connectivity index (χ0v) is 14.5. The number of pyridine rings is 1. The van der Waals surface area contributed by atoms with Crippen LogP contribution in [0.25, 0.3) is 5.65 Å². The molecule has 0 radical (unpaired) electrons. The van der Waals surface area contributed by atoms with Gasteiger partial charge < -0.3 is 9.30 Å². The molecule has 0 aromatic carbocycles. The number of aryl methyl sites for hydroxylation is 2. The second kappa shape index (κ2) is 6.70. The highest BCUT2D eigenvalue weighted by molar-refractivity contribution is 5.93. The van der Waals surface area contributed by atoms with E-state index in [4.69, 9.17) is 0 Å². The van der Waals surface area contributed by atoms with Crippen molar-refractivity contribution in [2.24, 2.45) is 5.92 Å². The smallest absolute Gasteiger partial charge is 0.274 e. The number of likely N-dealkylation sites (tertiary alicyclic amines) is 1. The first kappa shape index (κ1) is 15.9. The molecule has 0 N–H and O–H groups in total. The average molecular weight is 337 g/mol. The molecule has 4 rings (SSSR count). The Morgan fingerprint density at radius 3 is 2.84 bits per heavy atom. The second-order valence-electron chi connectivity index (χ2n) is 6.89. The molecule has 3 aromatic heterocycles. The summed E-state index contributed by atoms with van der Waals surface area (Å²) in [4.78, 5) is 19.2. The monoisotopic (exact) mass is 337 g/mol. The second-order valence-corrected chi connectivity index (χ2v) is 6.89. The molecule has 6 heteroatoms. The van der Waals surface area contributed by atoms with Crippen molar-refractivity contribution in [1.82, 2.24) is 24.1 Å². The van der Waals surface area contributed by atoms with Crippen molar-refractivity contribution in [2.75, 3.05) is 13.1 Å². The molecule has 1 fully saturated rings. The van der Waals surface area contributed by atoms with Crippen LogP contribution >= 0.6 is 0 Å². The SMILES string of the molecule is Cc1ccc2nc(C(=O)N3CCC(CCn4cccn4)CC3)cn2c1. The number of fused-ring (bicyclic) bond motifs is 1. The van der Waals surface area contributed by atoms with Gasteiger partial charge in [0.2, 0.25) is 0 Å². The molecular weight excluding hydrogens is 314 g/mol. The van der Waals surface area contributed by atoms with Gasteiger partial charge in [-0.15, -0.1) is 0 Å². The van der Waals surface area contributed by atoms with Crippen molar-refractivity contribution < 1.29 is 4.79 Å². The number of nitrogens with zero attached hydrogens (tertiary/aromatic N) is 5. The van der Waals surface area contributed by atoms with Gasteiger partial charge in [-0.1, -0.05) is 6.07 Å². The lowest BCUT2D eigenvalue weighted by atomic mass is 9.93. The van der Waals surface area contributed by atoms with Crippen LogP contribution in [-0.2, 0) is 6.54 Å². The predicted octanol–water partition coefficient (Wildman–Crippen LogP) is 2.78. The van der Waals surface area contributed by atoms with Crippen LogP contribution in [-0.4, -0.2) is 43.1 Å². The van der Waals surface area contributed by atoms with E-state index in [1.54, 1.807) is 0 Å². The largest absolute Gasteiger partial charge is 0.337 e. The maximum absolute atomic E-state index is 12.7. The summed E-state index contributed by atoms with van der Waals surface area (Å²) >= 11 is 0. The minimum atomic E-state index is 0.0480. The van der Waals surface area contributed by atoms with E-state index >= 15 is 0 Å². The van der Waals surface area contributed by atoms with E-state index in [0.717, 1.165) is 50.1 Å². The highest BCUT2D eigenvalue weighted by Crippen LogP contribution is 2.22. The number of carbonyl (C=O) groups is 1. The third-order valence-corrected chi connectivity index (χ3v) is 5.05. The Hall–Kier alpha value is -2.63. The zero-order valence-electron chi connectivity index (χ0n) is 14.5. The summed E-state index contributed by atoms with van der Waals surface area (Å²) in [6.07, 6.45) is 10.9. The fraction of sp³-hybridized carbons (Fsp3) is 0.421. The average Bonchev–Trinajstić information content (AvgIpc) is 3.29. The quantitative estimate of drug-likeness (QED) is 0.735. The number of imidazole rings is 1. The van der Waals surface area contributed by atoms with Crippen LogP contribution < -0.4 is 0 Å². The Labute approximate surface area is 147 Å². The Kier molecular flexibility index (Phi) is 4.26. The molecule has 1 saturated heterocycles. The third-order valence-electron chi connectivity index (χ3n) is 5.05. The minimum absolute atomic E-state index is 0.0480. The molecule has 0 atom stereocenters. The number of carbonyl (C=O) groups excluding carboxylic acids is 1. The molecule has 0 spiro atoms. The molecule has 6 nitrogen and oxygen atoms in total.